The molecule has 2 aromatic rings. The van der Waals surface area contributed by atoms with Crippen LogP contribution in [0, 0.1) is 0 Å². The second-order valence-corrected chi connectivity index (χ2v) is 8.17. The molecule has 0 spiro atoms. The minimum Gasteiger partial charge on any atom is -0.507 e. The highest BCUT2D eigenvalue weighted by Crippen LogP contribution is 2.26. The zero-order chi connectivity index (χ0) is 17.2. The Bertz CT molecular complexity index is 828. The minimum absolute atomic E-state index is 0.163. The van der Waals surface area contributed by atoms with Crippen LogP contribution in [0.1, 0.15) is 10.4 Å². The van der Waals surface area contributed by atoms with Gasteiger partial charge in [0.1, 0.15) is 9.96 Å². The average Bonchev–Trinajstić information content (AvgIpc) is 3.10. The number of phenols is 1. The van der Waals surface area contributed by atoms with E-state index in [4.69, 9.17) is 0 Å². The molecule has 0 unspecified atom stereocenters. The molecule has 1 aromatic heterocycles. The van der Waals surface area contributed by atoms with Crippen molar-refractivity contribution in [3.05, 3.63) is 41.3 Å². The molecule has 128 valence electrons. The van der Waals surface area contributed by atoms with Crippen LogP contribution in [0.15, 0.2) is 39.9 Å². The molecule has 0 radical (unpaired) electrons. The molecule has 1 aliphatic heterocycles. The number of rotatable bonds is 4. The molecular weight excluding hydrogens is 350 g/mol. The maximum Gasteiger partial charge on any atom is 0.271 e. The Hall–Kier alpha value is -2.10. The fourth-order valence-electron chi connectivity index (χ4n) is 2.44. The van der Waals surface area contributed by atoms with Gasteiger partial charge in [0, 0.05) is 32.2 Å². The highest BCUT2D eigenvalue weighted by atomic mass is 32.2. The molecule has 3 N–H and O–H groups in total. The van der Waals surface area contributed by atoms with Gasteiger partial charge in [-0.05, 0) is 23.6 Å². The predicted molar refractivity (Wildman–Crippen MR) is 92.0 cm³/mol. The first-order valence-corrected chi connectivity index (χ1v) is 9.73. The van der Waals surface area contributed by atoms with Gasteiger partial charge in [0.2, 0.25) is 0 Å². The standard InChI is InChI=1S/C15H17N3O4S2/c19-13-10-11(17-24(21,22)14-2-1-9-23-14)3-4-12(13)15(20)18-7-5-16-6-8-18/h1-4,9-10,16-17,19H,5-8H2. The maximum atomic E-state index is 12.4. The second-order valence-electron chi connectivity index (χ2n) is 5.31. The number of nitrogens with zero attached hydrogens (tertiary/aromatic N) is 1. The number of hydrogen-bond donors (Lipinski definition) is 3. The molecule has 0 bridgehead atoms. The Morgan fingerprint density at radius 2 is 2.00 bits per heavy atom. The molecule has 1 amide bonds. The smallest absolute Gasteiger partial charge is 0.271 e. The number of phenolic OH excluding ortho intramolecular Hbond substituents is 1. The summed E-state index contributed by atoms with van der Waals surface area (Å²) in [7, 11) is -3.69. The van der Waals surface area contributed by atoms with E-state index in [9.17, 15) is 18.3 Å². The molecule has 24 heavy (non-hydrogen) atoms. The second kappa shape index (κ2) is 6.80. The number of benzene rings is 1. The number of carbonyl (C=O) groups is 1. The van der Waals surface area contributed by atoms with Crippen molar-refractivity contribution >= 4 is 33.0 Å². The van der Waals surface area contributed by atoms with Crippen molar-refractivity contribution in [2.24, 2.45) is 0 Å². The number of aromatic hydroxyl groups is 1. The van der Waals surface area contributed by atoms with E-state index in [1.54, 1.807) is 16.3 Å². The van der Waals surface area contributed by atoms with Crippen molar-refractivity contribution in [2.45, 2.75) is 4.21 Å². The molecule has 9 heteroatoms. The van der Waals surface area contributed by atoms with E-state index in [1.165, 1.54) is 24.3 Å². The number of piperazine rings is 1. The average molecular weight is 367 g/mol. The zero-order valence-corrected chi connectivity index (χ0v) is 14.4. The summed E-state index contributed by atoms with van der Waals surface area (Å²) < 4.78 is 26.9. The molecule has 7 nitrogen and oxygen atoms in total. The molecule has 0 atom stereocenters. The molecule has 1 saturated heterocycles. The molecule has 1 aromatic carbocycles. The van der Waals surface area contributed by atoms with E-state index in [1.807, 2.05) is 0 Å². The van der Waals surface area contributed by atoms with Crippen LogP contribution in [0.5, 0.6) is 5.75 Å². The Morgan fingerprint density at radius 1 is 1.25 bits per heavy atom. The lowest BCUT2D eigenvalue weighted by Gasteiger charge is -2.27. The minimum atomic E-state index is -3.69. The fraction of sp³-hybridized carbons (Fsp3) is 0.267. The predicted octanol–water partition coefficient (Wildman–Crippen LogP) is 1.30. The highest BCUT2D eigenvalue weighted by molar-refractivity contribution is 7.94. The number of sulfonamides is 1. The van der Waals surface area contributed by atoms with Gasteiger partial charge < -0.3 is 15.3 Å². The number of carbonyl (C=O) groups excluding carboxylic acids is 1. The van der Waals surface area contributed by atoms with Crippen molar-refractivity contribution in [3.8, 4) is 5.75 Å². The summed E-state index contributed by atoms with van der Waals surface area (Å²) in [5, 5.41) is 14.9. The number of hydrogen-bond acceptors (Lipinski definition) is 6. The van der Waals surface area contributed by atoms with Gasteiger partial charge in [-0.1, -0.05) is 6.07 Å². The lowest BCUT2D eigenvalue weighted by Crippen LogP contribution is -2.46. The van der Waals surface area contributed by atoms with E-state index in [-0.39, 0.29) is 27.1 Å². The van der Waals surface area contributed by atoms with Gasteiger partial charge in [-0.15, -0.1) is 11.3 Å². The largest absolute Gasteiger partial charge is 0.507 e. The Kier molecular flexibility index (Phi) is 4.74. The molecule has 3 rings (SSSR count). The number of amides is 1. The van der Waals surface area contributed by atoms with E-state index < -0.39 is 10.0 Å². The monoisotopic (exact) mass is 367 g/mol. The molecule has 2 heterocycles. The van der Waals surface area contributed by atoms with Crippen molar-refractivity contribution < 1.29 is 18.3 Å². The molecule has 1 aliphatic rings. The first-order valence-electron chi connectivity index (χ1n) is 7.37. The van der Waals surface area contributed by atoms with Gasteiger partial charge in [-0.3, -0.25) is 9.52 Å². The van der Waals surface area contributed by atoms with Crippen LogP contribution in [0.25, 0.3) is 0 Å². The third kappa shape index (κ3) is 3.53. The van der Waals surface area contributed by atoms with Crippen LogP contribution in [0.4, 0.5) is 5.69 Å². The van der Waals surface area contributed by atoms with Crippen LogP contribution in [-0.2, 0) is 10.0 Å². The van der Waals surface area contributed by atoms with Crippen LogP contribution in [0.2, 0.25) is 0 Å². The number of thiophene rings is 1. The van der Waals surface area contributed by atoms with E-state index >= 15 is 0 Å². The maximum absolute atomic E-state index is 12.4. The fourth-order valence-corrected chi connectivity index (χ4v) is 4.48. The summed E-state index contributed by atoms with van der Waals surface area (Å²) >= 11 is 1.10. The SMILES string of the molecule is O=C(c1ccc(NS(=O)(=O)c2cccs2)cc1O)N1CCNCC1. The van der Waals surface area contributed by atoms with Gasteiger partial charge in [0.25, 0.3) is 15.9 Å². The molecule has 1 fully saturated rings. The quantitative estimate of drug-likeness (QED) is 0.757. The van der Waals surface area contributed by atoms with Gasteiger partial charge in [-0.2, -0.15) is 0 Å². The first-order chi connectivity index (χ1) is 11.5. The topological polar surface area (TPSA) is 98.7 Å². The molecular formula is C15H17N3O4S2. The third-order valence-electron chi connectivity index (χ3n) is 3.64. The normalized spacial score (nSPS) is 15.2. The summed E-state index contributed by atoms with van der Waals surface area (Å²) in [6, 6.07) is 7.30. The number of anilines is 1. The van der Waals surface area contributed by atoms with Gasteiger partial charge in [-0.25, -0.2) is 8.42 Å². The molecule has 0 aliphatic carbocycles. The Morgan fingerprint density at radius 3 is 2.62 bits per heavy atom. The van der Waals surface area contributed by atoms with Crippen molar-refractivity contribution in [1.82, 2.24) is 10.2 Å². The van der Waals surface area contributed by atoms with Crippen LogP contribution >= 0.6 is 11.3 Å². The van der Waals surface area contributed by atoms with Gasteiger partial charge in [0.15, 0.2) is 0 Å². The Balaban J connectivity index is 1.78. The van der Waals surface area contributed by atoms with E-state index in [0.717, 1.165) is 11.3 Å². The zero-order valence-electron chi connectivity index (χ0n) is 12.7. The lowest BCUT2D eigenvalue weighted by atomic mass is 10.1. The highest BCUT2D eigenvalue weighted by Gasteiger charge is 2.22. The molecule has 0 saturated carbocycles. The summed E-state index contributed by atoms with van der Waals surface area (Å²) in [5.41, 5.74) is 0.369. The van der Waals surface area contributed by atoms with Crippen LogP contribution in [-0.4, -0.2) is 50.5 Å². The van der Waals surface area contributed by atoms with Crippen molar-refractivity contribution in [1.29, 1.82) is 0 Å². The summed E-state index contributed by atoms with van der Waals surface area (Å²) in [6.45, 7) is 2.58. The Labute approximate surface area is 144 Å². The van der Waals surface area contributed by atoms with Crippen molar-refractivity contribution in [2.75, 3.05) is 30.9 Å². The van der Waals surface area contributed by atoms with Gasteiger partial charge >= 0.3 is 0 Å². The summed E-state index contributed by atoms with van der Waals surface area (Å²) in [6.07, 6.45) is 0. The van der Waals surface area contributed by atoms with Crippen molar-refractivity contribution in [3.63, 3.8) is 0 Å². The number of nitrogens with one attached hydrogen (secondary N) is 2. The van der Waals surface area contributed by atoms with Crippen LogP contribution < -0.4 is 10.0 Å². The third-order valence-corrected chi connectivity index (χ3v) is 6.42. The summed E-state index contributed by atoms with van der Waals surface area (Å²) in [5.74, 6) is -0.508. The van der Waals surface area contributed by atoms with E-state index in [0.29, 0.717) is 26.2 Å². The first kappa shape index (κ1) is 16.7. The van der Waals surface area contributed by atoms with E-state index in [2.05, 4.69) is 10.0 Å². The lowest BCUT2D eigenvalue weighted by molar-refractivity contribution is 0.0733. The van der Waals surface area contributed by atoms with Crippen LogP contribution in [0.3, 0.4) is 0 Å². The van der Waals surface area contributed by atoms with Gasteiger partial charge in [0.05, 0.1) is 11.3 Å². The summed E-state index contributed by atoms with van der Waals surface area (Å²) in [4.78, 5) is 14.1.